The maximum Gasteiger partial charge on any atom is 0.341 e. The highest BCUT2D eigenvalue weighted by Crippen LogP contribution is 2.26. The van der Waals surface area contributed by atoms with Gasteiger partial charge < -0.3 is 9.84 Å². The van der Waals surface area contributed by atoms with Gasteiger partial charge in [0.15, 0.2) is 5.82 Å². The minimum atomic E-state index is -4.27. The maximum absolute atomic E-state index is 14.1. The summed E-state index contributed by atoms with van der Waals surface area (Å²) in [4.78, 5) is 10.0. The Kier molecular flexibility index (Phi) is 4.26. The van der Waals surface area contributed by atoms with E-state index in [-0.39, 0.29) is 19.8 Å². The molecule has 1 saturated heterocycles. The first-order valence-corrected chi connectivity index (χ1v) is 7.51. The first-order chi connectivity index (χ1) is 9.76. The fourth-order valence-electron chi connectivity index (χ4n) is 2.12. The number of aromatic carboxylic acids is 1. The summed E-state index contributed by atoms with van der Waals surface area (Å²) in [6, 6.07) is 0.834. The minimum Gasteiger partial charge on any atom is -0.477 e. The molecule has 0 spiro atoms. The standard InChI is InChI=1S/C12H13F2NO5S/c1-7-6-20-5-4-15(7)21(18,19)9-3-2-8(13)10(11(9)14)12(16)17/h2-3,7H,4-6H2,1H3,(H,16,17)/t7-/m1/s1. The van der Waals surface area contributed by atoms with Gasteiger partial charge in [-0.25, -0.2) is 22.0 Å². The van der Waals surface area contributed by atoms with E-state index in [1.165, 1.54) is 0 Å². The Hall–Kier alpha value is -1.58. The lowest BCUT2D eigenvalue weighted by Crippen LogP contribution is -2.47. The van der Waals surface area contributed by atoms with Gasteiger partial charge in [0.25, 0.3) is 0 Å². The zero-order chi connectivity index (χ0) is 15.8. The molecule has 0 saturated carbocycles. The van der Waals surface area contributed by atoms with Crippen molar-refractivity contribution < 1.29 is 31.8 Å². The zero-order valence-electron chi connectivity index (χ0n) is 11.0. The van der Waals surface area contributed by atoms with Crippen molar-refractivity contribution >= 4 is 16.0 Å². The molecule has 1 heterocycles. The van der Waals surface area contributed by atoms with Crippen molar-refractivity contribution in [3.63, 3.8) is 0 Å². The van der Waals surface area contributed by atoms with Gasteiger partial charge in [0.1, 0.15) is 16.3 Å². The molecule has 0 amide bonds. The van der Waals surface area contributed by atoms with Gasteiger partial charge in [0, 0.05) is 12.6 Å². The van der Waals surface area contributed by atoms with Crippen LogP contribution in [0.15, 0.2) is 17.0 Å². The summed E-state index contributed by atoms with van der Waals surface area (Å²) in [5.74, 6) is -4.78. The third kappa shape index (κ3) is 2.76. The summed E-state index contributed by atoms with van der Waals surface area (Å²) in [5.41, 5.74) is -1.28. The van der Waals surface area contributed by atoms with Crippen molar-refractivity contribution in [1.82, 2.24) is 4.31 Å². The van der Waals surface area contributed by atoms with Gasteiger partial charge in [-0.15, -0.1) is 0 Å². The Morgan fingerprint density at radius 2 is 2.10 bits per heavy atom. The van der Waals surface area contributed by atoms with Gasteiger partial charge in [-0.05, 0) is 19.1 Å². The number of carboxylic acid groups (broad SMARTS) is 1. The lowest BCUT2D eigenvalue weighted by atomic mass is 10.2. The van der Waals surface area contributed by atoms with Crippen LogP contribution in [0.3, 0.4) is 0 Å². The lowest BCUT2D eigenvalue weighted by molar-refractivity contribution is 0.0391. The van der Waals surface area contributed by atoms with Gasteiger partial charge in [0.05, 0.1) is 13.2 Å². The number of hydrogen-bond acceptors (Lipinski definition) is 4. The molecule has 1 aromatic rings. The Labute approximate surface area is 120 Å². The molecule has 0 radical (unpaired) electrons. The van der Waals surface area contributed by atoms with Crippen LogP contribution in [-0.2, 0) is 14.8 Å². The molecule has 1 aliphatic rings. The molecule has 0 aromatic heterocycles. The number of benzene rings is 1. The zero-order valence-corrected chi connectivity index (χ0v) is 11.9. The molecule has 1 atom stereocenters. The van der Waals surface area contributed by atoms with Crippen molar-refractivity contribution in [3.8, 4) is 0 Å². The second-order valence-electron chi connectivity index (χ2n) is 4.58. The quantitative estimate of drug-likeness (QED) is 0.900. The molecular weight excluding hydrogens is 308 g/mol. The van der Waals surface area contributed by atoms with E-state index in [2.05, 4.69) is 0 Å². The van der Waals surface area contributed by atoms with Crippen LogP contribution in [0.1, 0.15) is 17.3 Å². The lowest BCUT2D eigenvalue weighted by Gasteiger charge is -2.32. The third-order valence-electron chi connectivity index (χ3n) is 3.16. The van der Waals surface area contributed by atoms with Crippen molar-refractivity contribution in [2.24, 2.45) is 0 Å². The van der Waals surface area contributed by atoms with E-state index in [1.807, 2.05) is 0 Å². The summed E-state index contributed by atoms with van der Waals surface area (Å²) in [7, 11) is -4.27. The van der Waals surface area contributed by atoms with Gasteiger partial charge in [0.2, 0.25) is 10.0 Å². The number of rotatable bonds is 3. The molecule has 116 valence electrons. The fourth-order valence-corrected chi connectivity index (χ4v) is 3.79. The van der Waals surface area contributed by atoms with Gasteiger partial charge in [-0.2, -0.15) is 4.31 Å². The number of carbonyl (C=O) groups is 1. The Bertz CT molecular complexity index is 676. The average Bonchev–Trinajstić information content (AvgIpc) is 2.38. The van der Waals surface area contributed by atoms with Crippen LogP contribution in [0.2, 0.25) is 0 Å². The predicted octanol–water partition coefficient (Wildman–Crippen LogP) is 1.07. The smallest absolute Gasteiger partial charge is 0.341 e. The minimum absolute atomic E-state index is 0.0166. The van der Waals surface area contributed by atoms with E-state index in [0.29, 0.717) is 6.07 Å². The summed E-state index contributed by atoms with van der Waals surface area (Å²) in [5, 5.41) is 8.79. The summed E-state index contributed by atoms with van der Waals surface area (Å²) < 4.78 is 58.4. The molecule has 1 fully saturated rings. The summed E-state index contributed by atoms with van der Waals surface area (Å²) >= 11 is 0. The van der Waals surface area contributed by atoms with E-state index >= 15 is 0 Å². The topological polar surface area (TPSA) is 83.9 Å². The Morgan fingerprint density at radius 1 is 1.43 bits per heavy atom. The molecular formula is C12H13F2NO5S. The van der Waals surface area contributed by atoms with Crippen LogP contribution in [-0.4, -0.2) is 49.6 Å². The van der Waals surface area contributed by atoms with Crippen molar-refractivity contribution in [1.29, 1.82) is 0 Å². The molecule has 1 aliphatic heterocycles. The largest absolute Gasteiger partial charge is 0.477 e. The van der Waals surface area contributed by atoms with Crippen molar-refractivity contribution in [2.75, 3.05) is 19.8 Å². The molecule has 1 aromatic carbocycles. The highest BCUT2D eigenvalue weighted by molar-refractivity contribution is 7.89. The second kappa shape index (κ2) is 5.66. The molecule has 0 unspecified atom stereocenters. The van der Waals surface area contributed by atoms with Crippen LogP contribution < -0.4 is 0 Å². The SMILES string of the molecule is C[C@@H]1COCCN1S(=O)(=O)c1ccc(F)c(C(=O)O)c1F. The highest BCUT2D eigenvalue weighted by Gasteiger charge is 2.35. The number of carboxylic acids is 1. The Balaban J connectivity index is 2.55. The van der Waals surface area contributed by atoms with Crippen LogP contribution >= 0.6 is 0 Å². The molecule has 9 heteroatoms. The number of morpholine rings is 1. The van der Waals surface area contributed by atoms with E-state index in [9.17, 15) is 22.0 Å². The molecule has 0 aliphatic carbocycles. The first kappa shape index (κ1) is 15.8. The van der Waals surface area contributed by atoms with Crippen molar-refractivity contribution in [2.45, 2.75) is 17.9 Å². The highest BCUT2D eigenvalue weighted by atomic mass is 32.2. The van der Waals surface area contributed by atoms with Gasteiger partial charge in [-0.1, -0.05) is 0 Å². The fraction of sp³-hybridized carbons (Fsp3) is 0.417. The molecule has 1 N–H and O–H groups in total. The number of nitrogens with zero attached hydrogens (tertiary/aromatic N) is 1. The number of hydrogen-bond donors (Lipinski definition) is 1. The van der Waals surface area contributed by atoms with E-state index in [1.54, 1.807) is 6.92 Å². The monoisotopic (exact) mass is 321 g/mol. The number of ether oxygens (including phenoxy) is 1. The second-order valence-corrected chi connectivity index (χ2v) is 6.44. The maximum atomic E-state index is 14.1. The van der Waals surface area contributed by atoms with Gasteiger partial charge >= 0.3 is 5.97 Å². The van der Waals surface area contributed by atoms with E-state index in [0.717, 1.165) is 10.4 Å². The van der Waals surface area contributed by atoms with Gasteiger partial charge in [-0.3, -0.25) is 0 Å². The summed E-state index contributed by atoms with van der Waals surface area (Å²) in [6.45, 7) is 1.89. The van der Waals surface area contributed by atoms with E-state index in [4.69, 9.17) is 9.84 Å². The first-order valence-electron chi connectivity index (χ1n) is 6.07. The average molecular weight is 321 g/mol. The third-order valence-corrected chi connectivity index (χ3v) is 5.19. The molecule has 2 rings (SSSR count). The number of sulfonamides is 1. The van der Waals surface area contributed by atoms with E-state index < -0.39 is 44.1 Å². The predicted molar refractivity (Wildman–Crippen MR) is 67.5 cm³/mol. The Morgan fingerprint density at radius 3 is 2.67 bits per heavy atom. The summed E-state index contributed by atoms with van der Waals surface area (Å²) in [6.07, 6.45) is 0. The molecule has 6 nitrogen and oxygen atoms in total. The van der Waals surface area contributed by atoms with Crippen molar-refractivity contribution in [3.05, 3.63) is 29.3 Å². The molecule has 0 bridgehead atoms. The van der Waals surface area contributed by atoms with Crippen LogP contribution in [0.4, 0.5) is 8.78 Å². The normalized spacial score (nSPS) is 20.4. The molecule has 21 heavy (non-hydrogen) atoms. The number of halogens is 2. The van der Waals surface area contributed by atoms with Crippen LogP contribution in [0, 0.1) is 11.6 Å². The van der Waals surface area contributed by atoms with Crippen LogP contribution in [0.5, 0.6) is 0 Å². The van der Waals surface area contributed by atoms with Crippen LogP contribution in [0.25, 0.3) is 0 Å².